The Morgan fingerprint density at radius 1 is 0.735 bits per heavy atom. The normalized spacial score (nSPS) is 15.0. The summed E-state index contributed by atoms with van der Waals surface area (Å²) in [5.41, 5.74) is 13.7. The van der Waals surface area contributed by atoms with E-state index >= 15 is 0 Å². The molecule has 1 aromatic heterocycles. The van der Waals surface area contributed by atoms with Crippen LogP contribution in [-0.2, 0) is 0 Å². The number of benzene rings is 4. The van der Waals surface area contributed by atoms with Crippen LogP contribution in [0.2, 0.25) is 0 Å². The number of hydrogen-bond donors (Lipinski definition) is 0. The molecule has 0 N–H and O–H groups in total. The number of para-hydroxylation sites is 2. The molecule has 0 fully saturated rings. The fourth-order valence-corrected chi connectivity index (χ4v) is 8.04. The summed E-state index contributed by atoms with van der Waals surface area (Å²) in [6, 6.07) is 33.7. The molecule has 2 radical (unpaired) electrons. The van der Waals surface area contributed by atoms with E-state index < -0.39 is 0 Å². The van der Waals surface area contributed by atoms with Crippen molar-refractivity contribution in [3.8, 4) is 5.69 Å². The van der Waals surface area contributed by atoms with Crippen LogP contribution in [0, 0.1) is 13.8 Å². The van der Waals surface area contributed by atoms with Crippen molar-refractivity contribution in [1.29, 1.82) is 0 Å². The van der Waals surface area contributed by atoms with Crippen LogP contribution in [0.1, 0.15) is 16.8 Å². The van der Waals surface area contributed by atoms with Gasteiger partial charge in [-0.2, -0.15) is 0 Å². The third-order valence-corrected chi connectivity index (χ3v) is 9.45. The fourth-order valence-electron chi connectivity index (χ4n) is 6.42. The van der Waals surface area contributed by atoms with Crippen LogP contribution in [0.4, 0.5) is 11.4 Å². The summed E-state index contributed by atoms with van der Waals surface area (Å²) in [6.07, 6.45) is 0. The largest absolute Gasteiger partial charge is 0.315 e. The molecule has 0 bridgehead atoms. The summed E-state index contributed by atoms with van der Waals surface area (Å²) in [6.45, 7) is 4.83. The summed E-state index contributed by atoms with van der Waals surface area (Å²) in [5, 5.41) is 4.40. The quantitative estimate of drug-likeness (QED) is 0.341. The second kappa shape index (κ2) is 6.43. The van der Waals surface area contributed by atoms with Gasteiger partial charge in [0.25, 0.3) is 0 Å². The van der Waals surface area contributed by atoms with E-state index in [9.17, 15) is 0 Å². The minimum Gasteiger partial charge on any atom is -0.315 e. The van der Waals surface area contributed by atoms with Gasteiger partial charge in [-0.25, -0.2) is 0 Å². The van der Waals surface area contributed by atoms with Crippen LogP contribution in [0.25, 0.3) is 22.3 Å². The number of anilines is 2. The molecule has 4 aromatic carbocycles. The van der Waals surface area contributed by atoms with Gasteiger partial charge >= 0.3 is 0 Å². The summed E-state index contributed by atoms with van der Waals surface area (Å²) in [5.74, 6) is 0. The molecule has 0 amide bonds. The Hall–Kier alpha value is -3.76. The molecule has 34 heavy (non-hydrogen) atoms. The monoisotopic (exact) mass is 448 g/mol. The highest BCUT2D eigenvalue weighted by molar-refractivity contribution is 7.05. The maximum Gasteiger partial charge on any atom is 0.243 e. The van der Waals surface area contributed by atoms with Crippen LogP contribution in [0.15, 0.2) is 96.1 Å². The van der Waals surface area contributed by atoms with Gasteiger partial charge in [-0.3, -0.25) is 0 Å². The Morgan fingerprint density at radius 3 is 2.38 bits per heavy atom. The SMILES string of the molecule is Cc1c(C)n2c3c(cccc13)B1C3=C(c4ccccc4[Si]3)N(c3ccccc3)c3cccc-2c31. The molecule has 3 aliphatic rings. The molecule has 3 aliphatic heterocycles. The standard InChI is InChI=1S/C30H21BN2Si/c1-18-19(2)32-24-15-9-16-25-27(24)31(23-14-8-13-21(18)28(23)32)30-29(22-12-6-7-17-26(22)34-30)33(25)20-10-4-3-5-11-20/h3-17H,1-2H3. The van der Waals surface area contributed by atoms with E-state index in [2.05, 4.69) is 114 Å². The molecule has 0 unspecified atom stereocenters. The van der Waals surface area contributed by atoms with E-state index in [0.29, 0.717) is 9.52 Å². The van der Waals surface area contributed by atoms with Crippen molar-refractivity contribution in [2.75, 3.05) is 4.90 Å². The van der Waals surface area contributed by atoms with Gasteiger partial charge in [0, 0.05) is 39.4 Å². The summed E-state index contributed by atoms with van der Waals surface area (Å²) in [7, 11) is 0.684. The molecule has 5 aromatic rings. The van der Waals surface area contributed by atoms with Crippen molar-refractivity contribution in [3.63, 3.8) is 0 Å². The Balaban J connectivity index is 1.55. The third-order valence-electron chi connectivity index (χ3n) is 7.95. The Morgan fingerprint density at radius 2 is 1.50 bits per heavy atom. The van der Waals surface area contributed by atoms with Gasteiger partial charge < -0.3 is 9.47 Å². The van der Waals surface area contributed by atoms with Crippen molar-refractivity contribution in [3.05, 3.63) is 113 Å². The van der Waals surface area contributed by atoms with Crippen LogP contribution in [-0.4, -0.2) is 20.8 Å². The number of aryl methyl sites for hydroxylation is 1. The molecule has 0 aliphatic carbocycles. The molecule has 4 heterocycles. The first kappa shape index (κ1) is 18.6. The summed E-state index contributed by atoms with van der Waals surface area (Å²) < 4.78 is 2.52. The average molecular weight is 448 g/mol. The minimum absolute atomic E-state index is 0.289. The lowest BCUT2D eigenvalue weighted by Gasteiger charge is -2.40. The molecular formula is C30H21BN2Si. The van der Waals surface area contributed by atoms with Gasteiger partial charge in [0.05, 0.1) is 0 Å². The smallest absolute Gasteiger partial charge is 0.243 e. The van der Waals surface area contributed by atoms with Crippen LogP contribution in [0.5, 0.6) is 0 Å². The van der Waals surface area contributed by atoms with Crippen molar-refractivity contribution < 1.29 is 0 Å². The van der Waals surface area contributed by atoms with E-state index in [1.165, 1.54) is 66.6 Å². The predicted molar refractivity (Wildman–Crippen MR) is 145 cm³/mol. The van der Waals surface area contributed by atoms with E-state index in [-0.39, 0.29) is 6.71 Å². The number of fused-ring (bicyclic) bond motifs is 5. The van der Waals surface area contributed by atoms with Gasteiger partial charge in [-0.15, -0.1) is 0 Å². The van der Waals surface area contributed by atoms with Crippen molar-refractivity contribution in [2.45, 2.75) is 13.8 Å². The maximum absolute atomic E-state index is 2.53. The van der Waals surface area contributed by atoms with E-state index in [4.69, 9.17) is 0 Å². The Kier molecular flexibility index (Phi) is 3.52. The van der Waals surface area contributed by atoms with Crippen LogP contribution >= 0.6 is 0 Å². The first-order valence-electron chi connectivity index (χ1n) is 11.9. The van der Waals surface area contributed by atoms with Crippen molar-refractivity contribution >= 4 is 60.3 Å². The van der Waals surface area contributed by atoms with Gasteiger partial charge in [0.2, 0.25) is 6.71 Å². The highest BCUT2D eigenvalue weighted by atomic mass is 28.2. The first-order chi connectivity index (χ1) is 16.7. The zero-order chi connectivity index (χ0) is 22.6. The van der Waals surface area contributed by atoms with Gasteiger partial charge in [-0.05, 0) is 60.2 Å². The van der Waals surface area contributed by atoms with Crippen LogP contribution < -0.4 is 21.0 Å². The third kappa shape index (κ3) is 2.13. The van der Waals surface area contributed by atoms with Gasteiger partial charge in [0.1, 0.15) is 9.52 Å². The molecule has 0 saturated heterocycles. The highest BCUT2D eigenvalue weighted by Gasteiger charge is 2.45. The predicted octanol–water partition coefficient (Wildman–Crippen LogP) is 4.57. The van der Waals surface area contributed by atoms with Gasteiger partial charge in [-0.1, -0.05) is 77.0 Å². The molecule has 2 nitrogen and oxygen atoms in total. The fraction of sp³-hybridized carbons (Fsp3) is 0.0667. The number of hydrogen-bond acceptors (Lipinski definition) is 1. The molecular weight excluding hydrogens is 427 g/mol. The van der Waals surface area contributed by atoms with Gasteiger partial charge in [0.15, 0.2) is 0 Å². The summed E-state index contributed by atoms with van der Waals surface area (Å²) >= 11 is 0. The molecule has 8 rings (SSSR count). The van der Waals surface area contributed by atoms with E-state index in [1.54, 1.807) is 5.10 Å². The van der Waals surface area contributed by atoms with Crippen molar-refractivity contribution in [1.82, 2.24) is 4.57 Å². The maximum atomic E-state index is 2.53. The first-order valence-corrected chi connectivity index (χ1v) is 12.9. The Labute approximate surface area is 202 Å². The second-order valence-electron chi connectivity index (χ2n) is 9.54. The topological polar surface area (TPSA) is 8.17 Å². The van der Waals surface area contributed by atoms with E-state index in [0.717, 1.165) is 0 Å². The number of rotatable bonds is 1. The second-order valence-corrected chi connectivity index (χ2v) is 10.9. The summed E-state index contributed by atoms with van der Waals surface area (Å²) in [4.78, 5) is 2.53. The number of nitrogens with zero attached hydrogens (tertiary/aromatic N) is 2. The lowest BCUT2D eigenvalue weighted by molar-refractivity contribution is 1.04. The molecule has 4 heteroatoms. The Bertz CT molecular complexity index is 1710. The number of aromatic nitrogens is 1. The lowest BCUT2D eigenvalue weighted by Crippen LogP contribution is -2.55. The molecule has 0 saturated carbocycles. The zero-order valence-corrected chi connectivity index (χ0v) is 20.1. The van der Waals surface area contributed by atoms with E-state index in [1.807, 2.05) is 0 Å². The minimum atomic E-state index is 0.289. The zero-order valence-electron chi connectivity index (χ0n) is 19.1. The molecule has 0 atom stereocenters. The molecule has 158 valence electrons. The lowest BCUT2D eigenvalue weighted by atomic mass is 9.37. The molecule has 0 spiro atoms. The highest BCUT2D eigenvalue weighted by Crippen LogP contribution is 2.44. The van der Waals surface area contributed by atoms with Crippen LogP contribution in [0.3, 0.4) is 0 Å². The average Bonchev–Trinajstić information content (AvgIpc) is 3.38. The van der Waals surface area contributed by atoms with Crippen molar-refractivity contribution in [2.24, 2.45) is 0 Å².